The Kier molecular flexibility index (Phi) is 6.35. The quantitative estimate of drug-likeness (QED) is 0.554. The van der Waals surface area contributed by atoms with Crippen LogP contribution in [-0.2, 0) is 20.7 Å². The first-order valence-electron chi connectivity index (χ1n) is 10.5. The fourth-order valence-corrected chi connectivity index (χ4v) is 4.14. The Morgan fingerprint density at radius 2 is 1.62 bits per heavy atom. The van der Waals surface area contributed by atoms with Gasteiger partial charge in [-0.2, -0.15) is 0 Å². The van der Waals surface area contributed by atoms with E-state index < -0.39 is 11.5 Å². The Morgan fingerprint density at radius 1 is 1.00 bits per heavy atom. The monoisotopic (exact) mass is 400 g/mol. The highest BCUT2D eigenvalue weighted by Crippen LogP contribution is 2.40. The molecule has 0 amide bonds. The minimum absolute atomic E-state index is 0.00844. The van der Waals surface area contributed by atoms with E-state index >= 15 is 0 Å². The van der Waals surface area contributed by atoms with Gasteiger partial charge in [0, 0.05) is 25.7 Å². The summed E-state index contributed by atoms with van der Waals surface area (Å²) in [6.07, 6.45) is 3.96. The molecule has 2 aliphatic rings. The highest BCUT2D eigenvalue weighted by Gasteiger charge is 2.47. The molecule has 2 aliphatic heterocycles. The van der Waals surface area contributed by atoms with Crippen molar-refractivity contribution in [3.05, 3.63) is 35.6 Å². The van der Waals surface area contributed by atoms with Crippen molar-refractivity contribution < 1.29 is 23.8 Å². The van der Waals surface area contributed by atoms with Crippen molar-refractivity contribution in [1.82, 2.24) is 0 Å². The highest BCUT2D eigenvalue weighted by molar-refractivity contribution is 6.03. The maximum Gasteiger partial charge on any atom is 0.231 e. The van der Waals surface area contributed by atoms with Crippen LogP contribution in [0.15, 0.2) is 30.0 Å². The van der Waals surface area contributed by atoms with Gasteiger partial charge in [0.25, 0.3) is 0 Å². The van der Waals surface area contributed by atoms with Gasteiger partial charge in [-0.1, -0.05) is 33.8 Å². The molecule has 5 nitrogen and oxygen atoms in total. The third-order valence-corrected chi connectivity index (χ3v) is 5.39. The number of rotatable bonds is 9. The van der Waals surface area contributed by atoms with E-state index in [1.54, 1.807) is 0 Å². The topological polar surface area (TPSA) is 61.8 Å². The van der Waals surface area contributed by atoms with Crippen LogP contribution < -0.4 is 9.47 Å². The summed E-state index contributed by atoms with van der Waals surface area (Å²) in [6.45, 7) is 10.2. The molecular weight excluding hydrogens is 368 g/mol. The van der Waals surface area contributed by atoms with Crippen molar-refractivity contribution >= 4 is 11.6 Å². The van der Waals surface area contributed by atoms with Crippen molar-refractivity contribution in [2.75, 3.05) is 6.79 Å². The van der Waals surface area contributed by atoms with Crippen LogP contribution in [0.5, 0.6) is 11.5 Å². The standard InChI is InChI=1S/C24H32O5/c1-15(2)10-19(25)23(20(26)11-16(3)4)24(5)9-8-18(29-24)12-17-6-7-21-22(13-17)28-14-27-21/h6-8,13,15-16,23H,9-12,14H2,1-5H3. The summed E-state index contributed by atoms with van der Waals surface area (Å²) in [4.78, 5) is 26.0. The normalized spacial score (nSPS) is 20.3. The zero-order valence-electron chi connectivity index (χ0n) is 18.1. The Hall–Kier alpha value is -2.30. The first-order valence-corrected chi connectivity index (χ1v) is 10.5. The smallest absolute Gasteiger partial charge is 0.231 e. The van der Waals surface area contributed by atoms with Crippen LogP contribution in [0.2, 0.25) is 0 Å². The van der Waals surface area contributed by atoms with E-state index in [2.05, 4.69) is 0 Å². The van der Waals surface area contributed by atoms with Gasteiger partial charge in [0.2, 0.25) is 6.79 Å². The van der Waals surface area contributed by atoms with Crippen LogP contribution in [-0.4, -0.2) is 24.0 Å². The number of Topliss-reactive ketones (excluding diaryl/α,β-unsaturated/α-hetero) is 2. The average molecular weight is 401 g/mol. The predicted octanol–water partition coefficient (Wildman–Crippen LogP) is 4.87. The van der Waals surface area contributed by atoms with Gasteiger partial charge in [-0.3, -0.25) is 9.59 Å². The number of carbonyl (C=O) groups is 2. The molecule has 1 aromatic carbocycles. The lowest BCUT2D eigenvalue weighted by atomic mass is 9.76. The number of allylic oxidation sites excluding steroid dienone is 1. The number of benzene rings is 1. The maximum absolute atomic E-state index is 13.0. The first-order chi connectivity index (χ1) is 13.7. The van der Waals surface area contributed by atoms with Crippen LogP contribution >= 0.6 is 0 Å². The molecule has 0 spiro atoms. The minimum Gasteiger partial charge on any atom is -0.490 e. The van der Waals surface area contributed by atoms with E-state index in [1.807, 2.05) is 58.9 Å². The molecule has 0 aromatic heterocycles. The molecule has 0 saturated carbocycles. The zero-order valence-corrected chi connectivity index (χ0v) is 18.1. The number of hydrogen-bond acceptors (Lipinski definition) is 5. The molecule has 29 heavy (non-hydrogen) atoms. The number of ether oxygens (including phenoxy) is 3. The molecule has 5 heteroatoms. The van der Waals surface area contributed by atoms with Crippen molar-refractivity contribution in [3.8, 4) is 11.5 Å². The van der Waals surface area contributed by atoms with E-state index in [1.165, 1.54) is 0 Å². The van der Waals surface area contributed by atoms with E-state index in [9.17, 15) is 9.59 Å². The second kappa shape index (κ2) is 8.60. The van der Waals surface area contributed by atoms with Gasteiger partial charge >= 0.3 is 0 Å². The fraction of sp³-hybridized carbons (Fsp3) is 0.583. The van der Waals surface area contributed by atoms with Gasteiger partial charge < -0.3 is 14.2 Å². The second-order valence-electron chi connectivity index (χ2n) is 9.22. The fourth-order valence-electron chi connectivity index (χ4n) is 4.14. The summed E-state index contributed by atoms with van der Waals surface area (Å²) >= 11 is 0. The Morgan fingerprint density at radius 3 is 2.24 bits per heavy atom. The Balaban J connectivity index is 1.74. The van der Waals surface area contributed by atoms with Crippen molar-refractivity contribution in [1.29, 1.82) is 0 Å². The van der Waals surface area contributed by atoms with Gasteiger partial charge in [0.1, 0.15) is 23.1 Å². The van der Waals surface area contributed by atoms with Gasteiger partial charge in [0.15, 0.2) is 11.5 Å². The van der Waals surface area contributed by atoms with E-state index in [-0.39, 0.29) is 30.2 Å². The third kappa shape index (κ3) is 5.01. The van der Waals surface area contributed by atoms with Crippen LogP contribution in [0.3, 0.4) is 0 Å². The SMILES string of the molecule is CC(C)CC(=O)C(C(=O)CC(C)C)C1(C)CC=C(Cc2ccc3c(c2)OCO3)O1. The molecule has 0 radical (unpaired) electrons. The molecule has 1 aromatic rings. The van der Waals surface area contributed by atoms with Gasteiger partial charge in [-0.25, -0.2) is 0 Å². The van der Waals surface area contributed by atoms with Crippen molar-refractivity contribution in [3.63, 3.8) is 0 Å². The van der Waals surface area contributed by atoms with Gasteiger partial charge in [-0.05, 0) is 42.5 Å². The molecule has 0 N–H and O–H groups in total. The summed E-state index contributed by atoms with van der Waals surface area (Å²) in [6, 6.07) is 5.83. The molecular formula is C24H32O5. The summed E-state index contributed by atoms with van der Waals surface area (Å²) in [5.74, 6) is 1.96. The zero-order chi connectivity index (χ0) is 21.2. The molecule has 1 unspecified atom stereocenters. The largest absolute Gasteiger partial charge is 0.490 e. The molecule has 0 bridgehead atoms. The van der Waals surface area contributed by atoms with Gasteiger partial charge in [0.05, 0.1) is 5.76 Å². The molecule has 0 saturated heterocycles. The molecule has 0 fully saturated rings. The summed E-state index contributed by atoms with van der Waals surface area (Å²) < 4.78 is 17.1. The van der Waals surface area contributed by atoms with Crippen LogP contribution in [0.25, 0.3) is 0 Å². The minimum atomic E-state index is -0.816. The van der Waals surface area contributed by atoms with E-state index in [0.717, 1.165) is 22.8 Å². The second-order valence-corrected chi connectivity index (χ2v) is 9.22. The lowest BCUT2D eigenvalue weighted by molar-refractivity contribution is -0.144. The van der Waals surface area contributed by atoms with Crippen LogP contribution in [0.4, 0.5) is 0 Å². The number of carbonyl (C=O) groups excluding carboxylic acids is 2. The maximum atomic E-state index is 13.0. The Bertz CT molecular complexity index is 785. The molecule has 158 valence electrons. The van der Waals surface area contributed by atoms with Crippen molar-refractivity contribution in [2.45, 2.75) is 65.9 Å². The number of fused-ring (bicyclic) bond motifs is 1. The van der Waals surface area contributed by atoms with E-state index in [4.69, 9.17) is 14.2 Å². The molecule has 0 aliphatic carbocycles. The highest BCUT2D eigenvalue weighted by atomic mass is 16.7. The summed E-state index contributed by atoms with van der Waals surface area (Å²) in [5, 5.41) is 0. The van der Waals surface area contributed by atoms with E-state index in [0.29, 0.717) is 25.7 Å². The summed E-state index contributed by atoms with van der Waals surface area (Å²) in [7, 11) is 0. The Labute approximate surface area is 173 Å². The lowest BCUT2D eigenvalue weighted by Gasteiger charge is -2.33. The summed E-state index contributed by atoms with van der Waals surface area (Å²) in [5.41, 5.74) is 0.229. The van der Waals surface area contributed by atoms with Crippen LogP contribution in [0.1, 0.15) is 59.4 Å². The molecule has 3 rings (SSSR count). The molecule has 2 heterocycles. The van der Waals surface area contributed by atoms with Crippen LogP contribution in [0, 0.1) is 17.8 Å². The number of hydrogen-bond donors (Lipinski definition) is 0. The third-order valence-electron chi connectivity index (χ3n) is 5.39. The van der Waals surface area contributed by atoms with Crippen molar-refractivity contribution in [2.24, 2.45) is 17.8 Å². The van der Waals surface area contributed by atoms with Gasteiger partial charge in [-0.15, -0.1) is 0 Å². The predicted molar refractivity (Wildman–Crippen MR) is 111 cm³/mol. The average Bonchev–Trinajstić information content (AvgIpc) is 3.20. The molecule has 1 atom stereocenters. The number of ketones is 2. The first kappa shape index (κ1) is 21.4. The lowest BCUT2D eigenvalue weighted by Crippen LogP contribution is -2.45.